The second-order valence-electron chi connectivity index (χ2n) is 6.97. The Bertz CT molecular complexity index is 1060. The molecule has 4 aromatic rings. The molecule has 0 radical (unpaired) electrons. The molecule has 0 aliphatic heterocycles. The number of para-hydroxylation sites is 2. The van der Waals surface area contributed by atoms with Crippen molar-refractivity contribution in [3.05, 3.63) is 54.1 Å². The van der Waals surface area contributed by atoms with Gasteiger partial charge < -0.3 is 4.57 Å². The van der Waals surface area contributed by atoms with Gasteiger partial charge in [-0.25, -0.2) is 15.0 Å². The molecule has 1 saturated carbocycles. The van der Waals surface area contributed by atoms with Crippen molar-refractivity contribution in [3.8, 4) is 11.4 Å². The molecule has 1 aliphatic carbocycles. The zero-order valence-electron chi connectivity index (χ0n) is 14.3. The summed E-state index contributed by atoms with van der Waals surface area (Å²) in [5.74, 6) is 0.997. The van der Waals surface area contributed by atoms with Crippen LogP contribution in [0.4, 0.5) is 0 Å². The van der Waals surface area contributed by atoms with E-state index in [2.05, 4.69) is 35.8 Å². The Hall–Kier alpha value is -2.75. The van der Waals surface area contributed by atoms with Crippen molar-refractivity contribution in [2.24, 2.45) is 0 Å². The summed E-state index contributed by atoms with van der Waals surface area (Å²) in [7, 11) is 0. The molecule has 0 unspecified atom stereocenters. The van der Waals surface area contributed by atoms with Gasteiger partial charge in [-0.05, 0) is 31.9 Å². The van der Waals surface area contributed by atoms with Gasteiger partial charge in [0.15, 0.2) is 11.3 Å². The molecule has 25 heavy (non-hydrogen) atoms. The second-order valence-corrected chi connectivity index (χ2v) is 6.97. The molecule has 2 aromatic heterocycles. The number of aromatic nitrogens is 4. The number of aryl methyl sites for hydroxylation is 1. The van der Waals surface area contributed by atoms with Gasteiger partial charge in [0.2, 0.25) is 0 Å². The fourth-order valence-electron chi connectivity index (χ4n) is 3.89. The zero-order chi connectivity index (χ0) is 16.8. The summed E-state index contributed by atoms with van der Waals surface area (Å²) in [6.07, 6.45) is 4.94. The van der Waals surface area contributed by atoms with Gasteiger partial charge in [-0.2, -0.15) is 0 Å². The standard InChI is InChI=1S/C21H20N4/c1-14-10-12-15(13-11-14)20-24-19-21(25(20)16-6-2-3-7-16)23-18-9-5-4-8-17(18)22-19/h4-5,8-13,16H,2-3,6-7H2,1H3. The molecule has 0 spiro atoms. The number of fused-ring (bicyclic) bond motifs is 2. The van der Waals surface area contributed by atoms with Crippen LogP contribution in [-0.2, 0) is 0 Å². The van der Waals surface area contributed by atoms with E-state index in [1.807, 2.05) is 24.3 Å². The van der Waals surface area contributed by atoms with Crippen LogP contribution in [0.2, 0.25) is 0 Å². The first-order valence-electron chi connectivity index (χ1n) is 9.01. The first kappa shape index (κ1) is 14.6. The molecule has 1 fully saturated rings. The fourth-order valence-corrected chi connectivity index (χ4v) is 3.89. The van der Waals surface area contributed by atoms with Crippen molar-refractivity contribution in [1.82, 2.24) is 19.5 Å². The quantitative estimate of drug-likeness (QED) is 0.516. The minimum Gasteiger partial charge on any atom is -0.304 e. The summed E-state index contributed by atoms with van der Waals surface area (Å²) in [5.41, 5.74) is 5.91. The van der Waals surface area contributed by atoms with E-state index in [-0.39, 0.29) is 0 Å². The average molecular weight is 328 g/mol. The van der Waals surface area contributed by atoms with E-state index < -0.39 is 0 Å². The highest BCUT2D eigenvalue weighted by atomic mass is 15.2. The number of hydrogen-bond acceptors (Lipinski definition) is 3. The van der Waals surface area contributed by atoms with Crippen LogP contribution < -0.4 is 0 Å². The number of rotatable bonds is 2. The maximum atomic E-state index is 4.92. The third kappa shape index (κ3) is 2.40. The molecule has 0 N–H and O–H groups in total. The molecule has 2 heterocycles. The summed E-state index contributed by atoms with van der Waals surface area (Å²) in [5, 5.41) is 0. The topological polar surface area (TPSA) is 43.6 Å². The molecule has 0 atom stereocenters. The van der Waals surface area contributed by atoms with E-state index in [4.69, 9.17) is 15.0 Å². The lowest BCUT2D eigenvalue weighted by Crippen LogP contribution is -2.07. The van der Waals surface area contributed by atoms with E-state index in [9.17, 15) is 0 Å². The van der Waals surface area contributed by atoms with Gasteiger partial charge in [0.1, 0.15) is 5.82 Å². The molecule has 1 aliphatic rings. The summed E-state index contributed by atoms with van der Waals surface area (Å²) in [6, 6.07) is 17.1. The molecule has 2 aromatic carbocycles. The first-order chi connectivity index (χ1) is 12.3. The highest BCUT2D eigenvalue weighted by molar-refractivity contribution is 5.85. The van der Waals surface area contributed by atoms with Crippen LogP contribution in [0.15, 0.2) is 48.5 Å². The van der Waals surface area contributed by atoms with Gasteiger partial charge in [0.25, 0.3) is 0 Å². The first-order valence-corrected chi connectivity index (χ1v) is 9.01. The third-order valence-corrected chi connectivity index (χ3v) is 5.20. The van der Waals surface area contributed by atoms with Crippen LogP contribution >= 0.6 is 0 Å². The Morgan fingerprint density at radius 1 is 0.840 bits per heavy atom. The summed E-state index contributed by atoms with van der Waals surface area (Å²) < 4.78 is 2.34. The smallest absolute Gasteiger partial charge is 0.198 e. The Labute approximate surface area is 146 Å². The minimum absolute atomic E-state index is 0.469. The lowest BCUT2D eigenvalue weighted by atomic mass is 10.1. The Morgan fingerprint density at radius 2 is 1.52 bits per heavy atom. The monoisotopic (exact) mass is 328 g/mol. The molecule has 0 saturated heterocycles. The van der Waals surface area contributed by atoms with Crippen molar-refractivity contribution in [2.75, 3.05) is 0 Å². The van der Waals surface area contributed by atoms with Gasteiger partial charge in [0, 0.05) is 11.6 Å². The number of benzene rings is 2. The number of nitrogens with zero attached hydrogens (tertiary/aromatic N) is 4. The van der Waals surface area contributed by atoms with Gasteiger partial charge >= 0.3 is 0 Å². The SMILES string of the molecule is Cc1ccc(-c2nc3nc4ccccc4nc3n2C2CCCC2)cc1. The van der Waals surface area contributed by atoms with Crippen LogP contribution in [0.5, 0.6) is 0 Å². The van der Waals surface area contributed by atoms with Crippen molar-refractivity contribution < 1.29 is 0 Å². The molecule has 0 amide bonds. The zero-order valence-corrected chi connectivity index (χ0v) is 14.3. The summed E-state index contributed by atoms with van der Waals surface area (Å²) >= 11 is 0. The number of imidazole rings is 1. The molecule has 4 nitrogen and oxygen atoms in total. The molecule has 0 bridgehead atoms. The lowest BCUT2D eigenvalue weighted by Gasteiger charge is -2.15. The van der Waals surface area contributed by atoms with E-state index in [1.165, 1.54) is 31.2 Å². The largest absolute Gasteiger partial charge is 0.304 e. The highest BCUT2D eigenvalue weighted by Gasteiger charge is 2.25. The summed E-state index contributed by atoms with van der Waals surface area (Å²) in [6.45, 7) is 2.11. The third-order valence-electron chi connectivity index (χ3n) is 5.20. The van der Waals surface area contributed by atoms with E-state index >= 15 is 0 Å². The molecular weight excluding hydrogens is 308 g/mol. The van der Waals surface area contributed by atoms with Crippen LogP contribution in [0.25, 0.3) is 33.7 Å². The van der Waals surface area contributed by atoms with Crippen LogP contribution in [0.3, 0.4) is 0 Å². The Balaban J connectivity index is 1.81. The molecule has 124 valence electrons. The maximum absolute atomic E-state index is 4.92. The highest BCUT2D eigenvalue weighted by Crippen LogP contribution is 2.36. The predicted molar refractivity (Wildman–Crippen MR) is 101 cm³/mol. The molecule has 4 heteroatoms. The van der Waals surface area contributed by atoms with Gasteiger partial charge in [-0.1, -0.05) is 54.8 Å². The van der Waals surface area contributed by atoms with Gasteiger partial charge in [-0.3, -0.25) is 0 Å². The maximum Gasteiger partial charge on any atom is 0.198 e. The predicted octanol–water partition coefficient (Wildman–Crippen LogP) is 5.07. The fraction of sp³-hybridized carbons (Fsp3) is 0.286. The lowest BCUT2D eigenvalue weighted by molar-refractivity contribution is 0.534. The normalized spacial score (nSPS) is 15.4. The van der Waals surface area contributed by atoms with Crippen LogP contribution in [-0.4, -0.2) is 19.5 Å². The van der Waals surface area contributed by atoms with Crippen LogP contribution in [0.1, 0.15) is 37.3 Å². The van der Waals surface area contributed by atoms with Gasteiger partial charge in [0.05, 0.1) is 11.0 Å². The molecular formula is C21H20N4. The Morgan fingerprint density at radius 3 is 2.24 bits per heavy atom. The second kappa shape index (κ2) is 5.66. The Kier molecular flexibility index (Phi) is 3.30. The van der Waals surface area contributed by atoms with Crippen molar-refractivity contribution in [2.45, 2.75) is 38.6 Å². The molecule has 5 rings (SSSR count). The number of hydrogen-bond donors (Lipinski definition) is 0. The van der Waals surface area contributed by atoms with Crippen molar-refractivity contribution in [1.29, 1.82) is 0 Å². The van der Waals surface area contributed by atoms with Crippen molar-refractivity contribution >= 4 is 22.3 Å². The summed E-state index contributed by atoms with van der Waals surface area (Å²) in [4.78, 5) is 14.6. The van der Waals surface area contributed by atoms with E-state index in [0.29, 0.717) is 6.04 Å². The average Bonchev–Trinajstić information content (AvgIpc) is 3.27. The van der Waals surface area contributed by atoms with E-state index in [1.54, 1.807) is 0 Å². The van der Waals surface area contributed by atoms with Crippen molar-refractivity contribution in [3.63, 3.8) is 0 Å². The van der Waals surface area contributed by atoms with Gasteiger partial charge in [-0.15, -0.1) is 0 Å². The van der Waals surface area contributed by atoms with Crippen LogP contribution in [0, 0.1) is 6.92 Å². The van der Waals surface area contributed by atoms with E-state index in [0.717, 1.165) is 33.7 Å². The minimum atomic E-state index is 0.469.